The molecule has 0 heterocycles. The molecule has 0 spiro atoms. The second kappa shape index (κ2) is 9.41. The maximum absolute atomic E-state index is 12.5. The Morgan fingerprint density at radius 3 is 2.00 bits per heavy atom. The Bertz CT molecular complexity index is 921. The molecule has 1 amide bonds. The van der Waals surface area contributed by atoms with Gasteiger partial charge in [-0.1, -0.05) is 26.0 Å². The summed E-state index contributed by atoms with van der Waals surface area (Å²) in [5.74, 6) is -0.343. The van der Waals surface area contributed by atoms with E-state index in [1.54, 1.807) is 26.0 Å². The van der Waals surface area contributed by atoms with Crippen LogP contribution >= 0.6 is 0 Å². The summed E-state index contributed by atoms with van der Waals surface area (Å²) in [5.41, 5.74) is 0.282. The largest absolute Gasteiger partial charge is 0.416 e. The zero-order chi connectivity index (χ0) is 21.7. The van der Waals surface area contributed by atoms with Crippen LogP contribution in [-0.2, 0) is 27.4 Å². The minimum Gasteiger partial charge on any atom is -0.326 e. The van der Waals surface area contributed by atoms with Crippen LogP contribution in [0.4, 0.5) is 18.9 Å². The maximum atomic E-state index is 12.5. The van der Waals surface area contributed by atoms with E-state index in [0.29, 0.717) is 19.5 Å². The lowest BCUT2D eigenvalue weighted by molar-refractivity contribution is -0.137. The molecule has 0 aliphatic carbocycles. The fourth-order valence-electron chi connectivity index (χ4n) is 2.76. The summed E-state index contributed by atoms with van der Waals surface area (Å²) in [6, 6.07) is 10.5. The zero-order valence-electron chi connectivity index (χ0n) is 16.2. The highest BCUT2D eigenvalue weighted by molar-refractivity contribution is 7.89. The van der Waals surface area contributed by atoms with E-state index in [-0.39, 0.29) is 22.9 Å². The van der Waals surface area contributed by atoms with Crippen molar-refractivity contribution in [2.24, 2.45) is 0 Å². The minimum atomic E-state index is -4.42. The average molecular weight is 428 g/mol. The number of carbonyl (C=O) groups excluding carboxylic acids is 1. The Labute approximate surface area is 168 Å². The Kier molecular flexibility index (Phi) is 7.43. The highest BCUT2D eigenvalue weighted by atomic mass is 32.2. The molecular formula is C20H23F3N2O3S. The highest BCUT2D eigenvalue weighted by Gasteiger charge is 2.30. The van der Waals surface area contributed by atoms with Gasteiger partial charge in [-0.05, 0) is 48.4 Å². The molecule has 5 nitrogen and oxygen atoms in total. The summed E-state index contributed by atoms with van der Waals surface area (Å²) in [7, 11) is -3.53. The van der Waals surface area contributed by atoms with Crippen molar-refractivity contribution < 1.29 is 26.4 Å². The van der Waals surface area contributed by atoms with Crippen molar-refractivity contribution in [2.45, 2.75) is 37.8 Å². The molecule has 0 aliphatic rings. The van der Waals surface area contributed by atoms with Crippen molar-refractivity contribution in [2.75, 3.05) is 18.4 Å². The SMILES string of the molecule is CCN(CC)S(=O)(=O)c1ccc(CCC(=O)Nc2ccc(C(F)(F)F)cc2)cc1. The van der Waals surface area contributed by atoms with Gasteiger partial charge < -0.3 is 5.32 Å². The van der Waals surface area contributed by atoms with Gasteiger partial charge in [0, 0.05) is 25.2 Å². The first-order valence-corrected chi connectivity index (χ1v) is 10.6. The topological polar surface area (TPSA) is 66.5 Å². The number of alkyl halides is 3. The van der Waals surface area contributed by atoms with Gasteiger partial charge in [-0.3, -0.25) is 4.79 Å². The van der Waals surface area contributed by atoms with E-state index in [1.165, 1.54) is 28.6 Å². The van der Waals surface area contributed by atoms with Crippen LogP contribution in [-0.4, -0.2) is 31.7 Å². The number of aryl methyl sites for hydroxylation is 1. The second-order valence-electron chi connectivity index (χ2n) is 6.36. The fraction of sp³-hybridized carbons (Fsp3) is 0.350. The van der Waals surface area contributed by atoms with Gasteiger partial charge in [-0.15, -0.1) is 0 Å². The standard InChI is InChI=1S/C20H23F3N2O3S/c1-3-25(4-2)29(27,28)18-12-5-15(6-13-18)7-14-19(26)24-17-10-8-16(9-11-17)20(21,22)23/h5-6,8-13H,3-4,7,14H2,1-2H3,(H,24,26). The molecule has 0 unspecified atom stereocenters. The van der Waals surface area contributed by atoms with E-state index in [1.807, 2.05) is 0 Å². The molecule has 0 aliphatic heterocycles. The number of nitrogens with one attached hydrogen (secondary N) is 1. The van der Waals surface area contributed by atoms with Gasteiger partial charge in [-0.25, -0.2) is 8.42 Å². The first-order chi connectivity index (χ1) is 13.6. The molecule has 29 heavy (non-hydrogen) atoms. The molecule has 1 N–H and O–H groups in total. The third kappa shape index (κ3) is 6.04. The normalized spacial score (nSPS) is 12.2. The Morgan fingerprint density at radius 2 is 1.52 bits per heavy atom. The number of benzene rings is 2. The van der Waals surface area contributed by atoms with Crippen LogP contribution < -0.4 is 5.32 Å². The van der Waals surface area contributed by atoms with Crippen molar-refractivity contribution in [3.63, 3.8) is 0 Å². The quantitative estimate of drug-likeness (QED) is 0.682. The van der Waals surface area contributed by atoms with Crippen LogP contribution in [0, 0.1) is 0 Å². The fourth-order valence-corrected chi connectivity index (χ4v) is 4.22. The van der Waals surface area contributed by atoms with E-state index >= 15 is 0 Å². The van der Waals surface area contributed by atoms with E-state index in [0.717, 1.165) is 17.7 Å². The summed E-state index contributed by atoms with van der Waals surface area (Å²) in [6.07, 6.45) is -3.94. The predicted octanol–water partition coefficient (Wildman–Crippen LogP) is 4.31. The van der Waals surface area contributed by atoms with Gasteiger partial charge in [0.25, 0.3) is 0 Å². The first kappa shape index (κ1) is 22.9. The number of halogens is 3. The molecule has 158 valence electrons. The summed E-state index contributed by atoms with van der Waals surface area (Å²) in [4.78, 5) is 12.2. The van der Waals surface area contributed by atoms with Crippen molar-refractivity contribution in [3.8, 4) is 0 Å². The van der Waals surface area contributed by atoms with E-state index in [4.69, 9.17) is 0 Å². The highest BCUT2D eigenvalue weighted by Crippen LogP contribution is 2.29. The number of amides is 1. The lowest BCUT2D eigenvalue weighted by Gasteiger charge is -2.18. The Hall–Kier alpha value is -2.39. The summed E-state index contributed by atoms with van der Waals surface area (Å²) in [6.45, 7) is 4.30. The molecule has 2 aromatic rings. The minimum absolute atomic E-state index is 0.114. The number of nitrogens with zero attached hydrogens (tertiary/aromatic N) is 1. The smallest absolute Gasteiger partial charge is 0.326 e. The van der Waals surface area contributed by atoms with Crippen molar-refractivity contribution in [1.29, 1.82) is 0 Å². The predicted molar refractivity (Wildman–Crippen MR) is 105 cm³/mol. The molecule has 0 bridgehead atoms. The van der Waals surface area contributed by atoms with Crippen LogP contribution in [0.5, 0.6) is 0 Å². The molecule has 9 heteroatoms. The average Bonchev–Trinajstić information content (AvgIpc) is 2.67. The van der Waals surface area contributed by atoms with Crippen LogP contribution in [0.25, 0.3) is 0 Å². The first-order valence-electron chi connectivity index (χ1n) is 9.14. The molecule has 2 rings (SSSR count). The van der Waals surface area contributed by atoms with Crippen LogP contribution in [0.2, 0.25) is 0 Å². The van der Waals surface area contributed by atoms with Crippen molar-refractivity contribution in [3.05, 3.63) is 59.7 Å². The summed E-state index contributed by atoms with van der Waals surface area (Å²) in [5, 5.41) is 2.55. The molecule has 2 aromatic carbocycles. The molecule has 0 saturated carbocycles. The van der Waals surface area contributed by atoms with E-state index < -0.39 is 21.8 Å². The third-order valence-corrected chi connectivity index (χ3v) is 6.47. The molecule has 0 atom stereocenters. The van der Waals surface area contributed by atoms with E-state index in [9.17, 15) is 26.4 Å². The van der Waals surface area contributed by atoms with Crippen LogP contribution in [0.15, 0.2) is 53.4 Å². The summed E-state index contributed by atoms with van der Waals surface area (Å²) >= 11 is 0. The van der Waals surface area contributed by atoms with Gasteiger partial charge in [0.05, 0.1) is 10.5 Å². The molecule has 0 fully saturated rings. The Morgan fingerprint density at radius 1 is 0.966 bits per heavy atom. The van der Waals surface area contributed by atoms with Gasteiger partial charge in [-0.2, -0.15) is 17.5 Å². The number of anilines is 1. The number of hydrogen-bond donors (Lipinski definition) is 1. The molecule has 0 saturated heterocycles. The number of carbonyl (C=O) groups is 1. The van der Waals surface area contributed by atoms with Gasteiger partial charge >= 0.3 is 6.18 Å². The second-order valence-corrected chi connectivity index (χ2v) is 8.29. The third-order valence-electron chi connectivity index (χ3n) is 4.40. The Balaban J connectivity index is 1.94. The van der Waals surface area contributed by atoms with E-state index in [2.05, 4.69) is 5.32 Å². The summed E-state index contributed by atoms with van der Waals surface area (Å²) < 4.78 is 63.9. The van der Waals surface area contributed by atoms with Crippen LogP contribution in [0.3, 0.4) is 0 Å². The van der Waals surface area contributed by atoms with Crippen LogP contribution in [0.1, 0.15) is 31.4 Å². The number of hydrogen-bond acceptors (Lipinski definition) is 3. The maximum Gasteiger partial charge on any atom is 0.416 e. The van der Waals surface area contributed by atoms with Crippen molar-refractivity contribution >= 4 is 21.6 Å². The van der Waals surface area contributed by atoms with Gasteiger partial charge in [0.2, 0.25) is 15.9 Å². The molecular weight excluding hydrogens is 405 g/mol. The van der Waals surface area contributed by atoms with Gasteiger partial charge in [0.15, 0.2) is 0 Å². The lowest BCUT2D eigenvalue weighted by Crippen LogP contribution is -2.30. The number of sulfonamides is 1. The molecule has 0 aromatic heterocycles. The molecule has 0 radical (unpaired) electrons. The van der Waals surface area contributed by atoms with Crippen molar-refractivity contribution in [1.82, 2.24) is 4.31 Å². The number of rotatable bonds is 8. The van der Waals surface area contributed by atoms with Gasteiger partial charge in [0.1, 0.15) is 0 Å². The lowest BCUT2D eigenvalue weighted by atomic mass is 10.1. The monoisotopic (exact) mass is 428 g/mol. The zero-order valence-corrected chi connectivity index (χ0v) is 17.0.